The van der Waals surface area contributed by atoms with E-state index in [2.05, 4.69) is 15.6 Å². The van der Waals surface area contributed by atoms with Crippen LogP contribution in [0.5, 0.6) is 0 Å². The van der Waals surface area contributed by atoms with Gasteiger partial charge in [-0.3, -0.25) is 9.59 Å². The van der Waals surface area contributed by atoms with Gasteiger partial charge in [0.1, 0.15) is 16.1 Å². The van der Waals surface area contributed by atoms with Crippen molar-refractivity contribution in [3.63, 3.8) is 0 Å². The molecule has 0 aliphatic carbocycles. The van der Waals surface area contributed by atoms with Crippen LogP contribution >= 0.6 is 22.9 Å². The molecule has 2 heterocycles. The van der Waals surface area contributed by atoms with E-state index in [-0.39, 0.29) is 40.2 Å². The molecule has 1 saturated heterocycles. The van der Waals surface area contributed by atoms with E-state index in [1.54, 1.807) is 0 Å². The number of hydrogen-bond donors (Lipinski definition) is 3. The Morgan fingerprint density at radius 2 is 1.92 bits per heavy atom. The fraction of sp³-hybridized carbons (Fsp3) is 0.280. The third-order valence-electron chi connectivity index (χ3n) is 6.21. The molecule has 0 unspecified atom stereocenters. The number of halogens is 2. The van der Waals surface area contributed by atoms with E-state index < -0.39 is 29.0 Å². The minimum Gasteiger partial charge on any atom is -0.477 e. The van der Waals surface area contributed by atoms with Gasteiger partial charge in [-0.2, -0.15) is 0 Å². The monoisotopic (exact) mass is 530 g/mol. The largest absolute Gasteiger partial charge is 0.477 e. The standard InChI is InChI=1S/C25H24ClFN4O4S/c1-13(2)14-6-4-5-7-16(14)25(11-31(12-25)24-29-10-20(36-24)22(33)34)23(35)30-19-9-18(27)17(26)8-15(19)21(32)28-3/h4-10,13H,11-12H2,1-3H3,(H,28,32)(H,30,35)(H,33,34). The summed E-state index contributed by atoms with van der Waals surface area (Å²) in [7, 11) is 1.43. The lowest BCUT2D eigenvalue weighted by molar-refractivity contribution is -0.122. The highest BCUT2D eigenvalue weighted by Crippen LogP contribution is 2.43. The second-order valence-corrected chi connectivity index (χ2v) is 10.3. The summed E-state index contributed by atoms with van der Waals surface area (Å²) in [5.74, 6) is -2.67. The third kappa shape index (κ3) is 4.54. The van der Waals surface area contributed by atoms with Crippen molar-refractivity contribution < 1.29 is 23.9 Å². The molecule has 1 aliphatic heterocycles. The molecule has 188 valence electrons. The number of nitrogens with zero attached hydrogens (tertiary/aromatic N) is 2. The number of aromatic carboxylic acids is 1. The minimum absolute atomic E-state index is 0.00325. The topological polar surface area (TPSA) is 112 Å². The quantitative estimate of drug-likeness (QED) is 0.414. The van der Waals surface area contributed by atoms with Crippen LogP contribution in [0.3, 0.4) is 0 Å². The molecular weight excluding hydrogens is 507 g/mol. The molecule has 0 saturated carbocycles. The molecule has 36 heavy (non-hydrogen) atoms. The molecule has 0 atom stereocenters. The number of hydrogen-bond acceptors (Lipinski definition) is 6. The van der Waals surface area contributed by atoms with Crippen LogP contribution < -0.4 is 15.5 Å². The summed E-state index contributed by atoms with van der Waals surface area (Å²) in [5, 5.41) is 14.7. The maximum Gasteiger partial charge on any atom is 0.347 e. The number of carboxylic acid groups (broad SMARTS) is 1. The summed E-state index contributed by atoms with van der Waals surface area (Å²) >= 11 is 6.92. The number of benzene rings is 2. The molecule has 1 aromatic heterocycles. The van der Waals surface area contributed by atoms with Gasteiger partial charge in [0.25, 0.3) is 5.91 Å². The Bertz CT molecular complexity index is 1350. The number of nitrogens with one attached hydrogen (secondary N) is 2. The summed E-state index contributed by atoms with van der Waals surface area (Å²) in [5.41, 5.74) is 0.771. The number of thiazole rings is 1. The van der Waals surface area contributed by atoms with E-state index in [0.717, 1.165) is 28.5 Å². The zero-order valence-electron chi connectivity index (χ0n) is 19.8. The van der Waals surface area contributed by atoms with Crippen LogP contribution in [0.1, 0.15) is 50.9 Å². The highest BCUT2D eigenvalue weighted by molar-refractivity contribution is 7.17. The minimum atomic E-state index is -1.07. The summed E-state index contributed by atoms with van der Waals surface area (Å²) in [4.78, 5) is 43.8. The van der Waals surface area contributed by atoms with Crippen molar-refractivity contribution in [2.24, 2.45) is 0 Å². The summed E-state index contributed by atoms with van der Waals surface area (Å²) < 4.78 is 14.3. The second-order valence-electron chi connectivity index (χ2n) is 8.84. The summed E-state index contributed by atoms with van der Waals surface area (Å²) in [6.07, 6.45) is 1.29. The first-order valence-corrected chi connectivity index (χ1v) is 12.3. The Balaban J connectivity index is 1.74. The average molecular weight is 531 g/mol. The molecule has 0 spiro atoms. The van der Waals surface area contributed by atoms with Gasteiger partial charge in [-0.05, 0) is 29.2 Å². The molecular formula is C25H24ClFN4O4S. The molecule has 2 amide bonds. The number of rotatable bonds is 7. The summed E-state index contributed by atoms with van der Waals surface area (Å²) in [6, 6.07) is 9.81. The van der Waals surface area contributed by atoms with Crippen molar-refractivity contribution in [3.8, 4) is 0 Å². The lowest BCUT2D eigenvalue weighted by Crippen LogP contribution is -2.65. The Hall–Kier alpha value is -3.50. The van der Waals surface area contributed by atoms with Gasteiger partial charge in [0.05, 0.1) is 22.5 Å². The molecule has 11 heteroatoms. The molecule has 3 N–H and O–H groups in total. The van der Waals surface area contributed by atoms with Crippen LogP contribution in [0.4, 0.5) is 15.2 Å². The second kappa shape index (κ2) is 9.87. The van der Waals surface area contributed by atoms with Gasteiger partial charge in [0.15, 0.2) is 5.13 Å². The fourth-order valence-electron chi connectivity index (χ4n) is 4.34. The van der Waals surface area contributed by atoms with Gasteiger partial charge in [0.2, 0.25) is 5.91 Å². The molecule has 4 rings (SSSR count). The molecule has 0 bridgehead atoms. The molecule has 3 aromatic rings. The van der Waals surface area contributed by atoms with Gasteiger partial charge < -0.3 is 20.6 Å². The van der Waals surface area contributed by atoms with Crippen LogP contribution in [0.25, 0.3) is 0 Å². The van der Waals surface area contributed by atoms with Crippen molar-refractivity contribution in [3.05, 3.63) is 75.0 Å². The van der Waals surface area contributed by atoms with Crippen molar-refractivity contribution in [2.75, 3.05) is 30.4 Å². The van der Waals surface area contributed by atoms with Gasteiger partial charge in [-0.25, -0.2) is 14.2 Å². The number of carbonyl (C=O) groups excluding carboxylic acids is 2. The van der Waals surface area contributed by atoms with Crippen LogP contribution in [-0.2, 0) is 10.2 Å². The lowest BCUT2D eigenvalue weighted by Gasteiger charge is -2.50. The number of aromatic nitrogens is 1. The molecule has 1 aliphatic rings. The van der Waals surface area contributed by atoms with E-state index in [0.29, 0.717) is 5.13 Å². The van der Waals surface area contributed by atoms with Gasteiger partial charge >= 0.3 is 5.97 Å². The van der Waals surface area contributed by atoms with Crippen LogP contribution in [0.2, 0.25) is 5.02 Å². The SMILES string of the molecule is CNC(=O)c1cc(Cl)c(F)cc1NC(=O)C1(c2ccccc2C(C)C)CN(c2ncc(C(=O)O)s2)C1. The van der Waals surface area contributed by atoms with Crippen LogP contribution in [0, 0.1) is 5.82 Å². The van der Waals surface area contributed by atoms with Crippen molar-refractivity contribution in [1.29, 1.82) is 0 Å². The van der Waals surface area contributed by atoms with E-state index >= 15 is 0 Å². The Morgan fingerprint density at radius 1 is 1.22 bits per heavy atom. The Labute approximate surface area is 216 Å². The highest BCUT2D eigenvalue weighted by atomic mass is 35.5. The van der Waals surface area contributed by atoms with Crippen LogP contribution in [0.15, 0.2) is 42.6 Å². The predicted molar refractivity (Wildman–Crippen MR) is 137 cm³/mol. The van der Waals surface area contributed by atoms with E-state index in [4.69, 9.17) is 11.6 Å². The van der Waals surface area contributed by atoms with Crippen molar-refractivity contribution >= 4 is 51.5 Å². The average Bonchev–Trinajstić information content (AvgIpc) is 3.30. The van der Waals surface area contributed by atoms with Gasteiger partial charge in [0, 0.05) is 20.1 Å². The van der Waals surface area contributed by atoms with E-state index in [9.17, 15) is 23.9 Å². The fourth-order valence-corrected chi connectivity index (χ4v) is 5.25. The smallest absolute Gasteiger partial charge is 0.347 e. The van der Waals surface area contributed by atoms with Gasteiger partial charge in [-0.1, -0.05) is 61.1 Å². The number of amides is 2. The lowest BCUT2D eigenvalue weighted by atomic mass is 9.70. The third-order valence-corrected chi connectivity index (χ3v) is 7.55. The first-order chi connectivity index (χ1) is 17.1. The zero-order chi connectivity index (χ0) is 26.2. The Morgan fingerprint density at radius 3 is 2.53 bits per heavy atom. The molecule has 1 fully saturated rings. The highest BCUT2D eigenvalue weighted by Gasteiger charge is 2.52. The maximum atomic E-state index is 14.3. The van der Waals surface area contributed by atoms with Crippen molar-refractivity contribution in [2.45, 2.75) is 25.2 Å². The number of carboxylic acids is 1. The van der Waals surface area contributed by atoms with E-state index in [1.165, 1.54) is 19.3 Å². The predicted octanol–water partition coefficient (Wildman–Crippen LogP) is 4.51. The molecule has 0 radical (unpaired) electrons. The first-order valence-electron chi connectivity index (χ1n) is 11.1. The van der Waals surface area contributed by atoms with Crippen molar-refractivity contribution in [1.82, 2.24) is 10.3 Å². The number of anilines is 2. The Kier molecular flexibility index (Phi) is 7.01. The summed E-state index contributed by atoms with van der Waals surface area (Å²) in [6.45, 7) is 4.50. The number of carbonyl (C=O) groups is 3. The first kappa shape index (κ1) is 25.6. The van der Waals surface area contributed by atoms with Crippen LogP contribution in [-0.4, -0.2) is 48.0 Å². The molecule has 2 aromatic carbocycles. The maximum absolute atomic E-state index is 14.3. The molecule has 8 nitrogen and oxygen atoms in total. The zero-order valence-corrected chi connectivity index (χ0v) is 21.3. The van der Waals surface area contributed by atoms with Gasteiger partial charge in [-0.15, -0.1) is 0 Å². The normalized spacial score (nSPS) is 14.3. The van der Waals surface area contributed by atoms with E-state index in [1.807, 2.05) is 43.0 Å².